The highest BCUT2D eigenvalue weighted by Gasteiger charge is 2.17. The summed E-state index contributed by atoms with van der Waals surface area (Å²) in [5.41, 5.74) is 6.13. The molecule has 0 amide bonds. The summed E-state index contributed by atoms with van der Waals surface area (Å²) in [5, 5.41) is 4.92. The predicted molar refractivity (Wildman–Crippen MR) is 109 cm³/mol. The van der Waals surface area contributed by atoms with Gasteiger partial charge < -0.3 is 4.57 Å². The molecule has 0 unspecified atom stereocenters. The highest BCUT2D eigenvalue weighted by molar-refractivity contribution is 5.80. The van der Waals surface area contributed by atoms with Crippen LogP contribution in [0.3, 0.4) is 0 Å². The number of rotatable bonds is 3. The monoisotopic (exact) mass is 350 g/mol. The van der Waals surface area contributed by atoms with Crippen molar-refractivity contribution in [3.63, 3.8) is 0 Å². The van der Waals surface area contributed by atoms with Gasteiger partial charge in [0, 0.05) is 12.6 Å². The van der Waals surface area contributed by atoms with Crippen LogP contribution in [0.4, 0.5) is 0 Å². The number of aromatic nitrogens is 4. The Kier molecular flexibility index (Phi) is 3.61. The molecule has 0 fully saturated rings. The van der Waals surface area contributed by atoms with Gasteiger partial charge in [-0.15, -0.1) is 0 Å². The van der Waals surface area contributed by atoms with Gasteiger partial charge in [0.25, 0.3) is 0 Å². The molecular formula is C23H18N4. The van der Waals surface area contributed by atoms with Crippen molar-refractivity contribution >= 4 is 11.0 Å². The number of para-hydroxylation sites is 3. The average Bonchev–Trinajstić information content (AvgIpc) is 3.31. The third-order valence-corrected chi connectivity index (χ3v) is 4.80. The molecule has 0 aliphatic carbocycles. The van der Waals surface area contributed by atoms with E-state index in [1.165, 1.54) is 0 Å². The second-order valence-electron chi connectivity index (χ2n) is 6.51. The second kappa shape index (κ2) is 6.25. The largest absolute Gasteiger partial charge is 0.326 e. The number of fused-ring (bicyclic) bond motifs is 1. The van der Waals surface area contributed by atoms with Gasteiger partial charge in [-0.1, -0.05) is 60.7 Å². The smallest absolute Gasteiger partial charge is 0.161 e. The molecule has 4 heteroatoms. The lowest BCUT2D eigenvalue weighted by Gasteiger charge is -2.07. The molecule has 0 saturated carbocycles. The van der Waals surface area contributed by atoms with Crippen molar-refractivity contribution in [1.82, 2.24) is 19.3 Å². The van der Waals surface area contributed by atoms with Crippen LogP contribution >= 0.6 is 0 Å². The number of benzene rings is 3. The minimum atomic E-state index is 0.858. The predicted octanol–water partition coefficient (Wildman–Crippen LogP) is 5.09. The molecule has 0 bridgehead atoms. The zero-order chi connectivity index (χ0) is 18.2. The first kappa shape index (κ1) is 15.6. The lowest BCUT2D eigenvalue weighted by Crippen LogP contribution is -1.99. The molecule has 0 radical (unpaired) electrons. The van der Waals surface area contributed by atoms with E-state index in [1.54, 1.807) is 0 Å². The number of hydrogen-bond acceptors (Lipinski definition) is 2. The van der Waals surface area contributed by atoms with E-state index < -0.39 is 0 Å². The van der Waals surface area contributed by atoms with Crippen molar-refractivity contribution in [2.24, 2.45) is 7.05 Å². The maximum atomic E-state index is 4.92. The van der Waals surface area contributed by atoms with Gasteiger partial charge in [-0.2, -0.15) is 5.10 Å². The molecule has 0 aliphatic rings. The van der Waals surface area contributed by atoms with Crippen LogP contribution in [-0.2, 0) is 7.05 Å². The van der Waals surface area contributed by atoms with Crippen LogP contribution in [-0.4, -0.2) is 19.3 Å². The van der Waals surface area contributed by atoms with E-state index in [2.05, 4.69) is 41.0 Å². The molecular weight excluding hydrogens is 332 g/mol. The van der Waals surface area contributed by atoms with Crippen molar-refractivity contribution in [3.05, 3.63) is 91.0 Å². The number of aryl methyl sites for hydroxylation is 1. The zero-order valence-corrected chi connectivity index (χ0v) is 14.9. The van der Waals surface area contributed by atoms with Gasteiger partial charge in [-0.3, -0.25) is 0 Å². The third-order valence-electron chi connectivity index (χ3n) is 4.80. The van der Waals surface area contributed by atoms with E-state index in [0.717, 1.165) is 39.5 Å². The lowest BCUT2D eigenvalue weighted by atomic mass is 10.1. The lowest BCUT2D eigenvalue weighted by molar-refractivity contribution is 0.875. The summed E-state index contributed by atoms with van der Waals surface area (Å²) in [7, 11) is 2.04. The first-order chi connectivity index (χ1) is 13.3. The van der Waals surface area contributed by atoms with Crippen molar-refractivity contribution in [1.29, 1.82) is 0 Å². The minimum Gasteiger partial charge on any atom is -0.326 e. The Bertz CT molecular complexity index is 1160. The van der Waals surface area contributed by atoms with Crippen molar-refractivity contribution in [3.8, 4) is 28.5 Å². The Balaban J connectivity index is 1.74. The topological polar surface area (TPSA) is 35.6 Å². The summed E-state index contributed by atoms with van der Waals surface area (Å²) in [4.78, 5) is 4.81. The number of imidazole rings is 1. The van der Waals surface area contributed by atoms with Crippen molar-refractivity contribution in [2.75, 3.05) is 0 Å². The first-order valence-corrected chi connectivity index (χ1v) is 8.94. The van der Waals surface area contributed by atoms with Crippen LogP contribution in [0.25, 0.3) is 39.5 Å². The fourth-order valence-corrected chi connectivity index (χ4v) is 3.45. The Hall–Kier alpha value is -3.66. The molecule has 0 N–H and O–H groups in total. The Morgan fingerprint density at radius 3 is 2.15 bits per heavy atom. The molecule has 3 aromatic carbocycles. The molecule has 2 heterocycles. The van der Waals surface area contributed by atoms with E-state index in [-0.39, 0.29) is 0 Å². The molecule has 5 aromatic rings. The van der Waals surface area contributed by atoms with Crippen LogP contribution in [0, 0.1) is 0 Å². The van der Waals surface area contributed by atoms with Gasteiger partial charge in [0.15, 0.2) is 5.82 Å². The van der Waals surface area contributed by atoms with Gasteiger partial charge in [-0.25, -0.2) is 9.67 Å². The van der Waals surface area contributed by atoms with Crippen LogP contribution in [0.5, 0.6) is 0 Å². The highest BCUT2D eigenvalue weighted by Crippen LogP contribution is 2.29. The van der Waals surface area contributed by atoms with Gasteiger partial charge >= 0.3 is 0 Å². The third kappa shape index (κ3) is 2.62. The van der Waals surface area contributed by atoms with Crippen LogP contribution in [0.1, 0.15) is 0 Å². The van der Waals surface area contributed by atoms with Crippen LogP contribution < -0.4 is 0 Å². The number of nitrogens with zero attached hydrogens (tertiary/aromatic N) is 4. The molecule has 4 nitrogen and oxygen atoms in total. The first-order valence-electron chi connectivity index (χ1n) is 8.94. The van der Waals surface area contributed by atoms with Gasteiger partial charge in [0.05, 0.1) is 22.4 Å². The standard InChI is InChI=1S/C23H18N4/c1-26-21-15-9-8-14-19(21)24-23(26)20-16-22(17-10-4-2-5-11-17)27(25-20)18-12-6-3-7-13-18/h2-16H,1H3. The molecule has 2 aromatic heterocycles. The van der Waals surface area contributed by atoms with E-state index in [4.69, 9.17) is 10.1 Å². The summed E-state index contributed by atoms with van der Waals surface area (Å²) < 4.78 is 4.09. The molecule has 27 heavy (non-hydrogen) atoms. The Morgan fingerprint density at radius 2 is 1.41 bits per heavy atom. The summed E-state index contributed by atoms with van der Waals surface area (Å²) >= 11 is 0. The Labute approximate surface area is 157 Å². The minimum absolute atomic E-state index is 0.858. The SMILES string of the molecule is Cn1c(-c2cc(-c3ccccc3)n(-c3ccccc3)n2)nc2ccccc21. The highest BCUT2D eigenvalue weighted by atomic mass is 15.3. The van der Waals surface area contributed by atoms with Crippen molar-refractivity contribution < 1.29 is 0 Å². The van der Waals surface area contributed by atoms with Gasteiger partial charge in [0.2, 0.25) is 0 Å². The molecule has 0 atom stereocenters. The second-order valence-corrected chi connectivity index (χ2v) is 6.51. The molecule has 130 valence electrons. The zero-order valence-electron chi connectivity index (χ0n) is 14.9. The summed E-state index contributed by atoms with van der Waals surface area (Å²) in [5.74, 6) is 0.864. The molecule has 0 spiro atoms. The van der Waals surface area contributed by atoms with E-state index in [0.29, 0.717) is 0 Å². The van der Waals surface area contributed by atoms with Gasteiger partial charge in [-0.05, 0) is 30.3 Å². The van der Waals surface area contributed by atoms with E-state index in [1.807, 2.05) is 66.3 Å². The number of hydrogen-bond donors (Lipinski definition) is 0. The van der Waals surface area contributed by atoms with E-state index >= 15 is 0 Å². The molecule has 5 rings (SSSR count). The molecule has 0 saturated heterocycles. The molecule has 0 aliphatic heterocycles. The normalized spacial score (nSPS) is 11.1. The van der Waals surface area contributed by atoms with Crippen LogP contribution in [0.15, 0.2) is 91.0 Å². The fraction of sp³-hybridized carbons (Fsp3) is 0.0435. The van der Waals surface area contributed by atoms with Crippen molar-refractivity contribution in [2.45, 2.75) is 0 Å². The van der Waals surface area contributed by atoms with Crippen LogP contribution in [0.2, 0.25) is 0 Å². The quantitative estimate of drug-likeness (QED) is 0.454. The van der Waals surface area contributed by atoms with E-state index in [9.17, 15) is 0 Å². The summed E-state index contributed by atoms with van der Waals surface area (Å²) in [6, 6.07) is 30.8. The summed E-state index contributed by atoms with van der Waals surface area (Å²) in [6.07, 6.45) is 0. The Morgan fingerprint density at radius 1 is 0.741 bits per heavy atom. The van der Waals surface area contributed by atoms with Gasteiger partial charge in [0.1, 0.15) is 5.69 Å². The maximum absolute atomic E-state index is 4.92. The maximum Gasteiger partial charge on any atom is 0.161 e. The average molecular weight is 350 g/mol. The fourth-order valence-electron chi connectivity index (χ4n) is 3.45. The summed E-state index contributed by atoms with van der Waals surface area (Å²) in [6.45, 7) is 0.